The maximum Gasteiger partial charge on any atom is 0.508 e. The van der Waals surface area contributed by atoms with Gasteiger partial charge < -0.3 is 15.2 Å². The molecular formula is C7H5BF3NO4. The molecule has 0 radical (unpaired) electrons. The molecule has 0 fully saturated rings. The van der Waals surface area contributed by atoms with Gasteiger partial charge >= 0.3 is 19.3 Å². The van der Waals surface area contributed by atoms with Crippen LogP contribution >= 0.6 is 0 Å². The Hall–Kier alpha value is -1.61. The molecule has 0 bridgehead atoms. The summed E-state index contributed by atoms with van der Waals surface area (Å²) in [5.41, 5.74) is -3.19. The Morgan fingerprint density at radius 2 is 1.94 bits per heavy atom. The molecule has 0 atom stereocenters. The first-order chi connectivity index (χ1) is 7.23. The molecule has 0 aliphatic heterocycles. The van der Waals surface area contributed by atoms with E-state index in [0.717, 1.165) is 0 Å². The molecule has 0 spiro atoms. The second-order valence-electron chi connectivity index (χ2n) is 2.83. The van der Waals surface area contributed by atoms with Crippen LogP contribution in [0, 0.1) is 0 Å². The highest BCUT2D eigenvalue weighted by atomic mass is 19.4. The topological polar surface area (TPSA) is 90.7 Å². The summed E-state index contributed by atoms with van der Waals surface area (Å²) in [6.07, 6.45) is -4.47. The summed E-state index contributed by atoms with van der Waals surface area (Å²) in [5.74, 6) is -1.79. The second-order valence-corrected chi connectivity index (χ2v) is 2.83. The van der Waals surface area contributed by atoms with E-state index in [1.807, 2.05) is 0 Å². The Morgan fingerprint density at radius 3 is 2.31 bits per heavy atom. The molecule has 86 valence electrons. The van der Waals surface area contributed by atoms with Crippen LogP contribution in [0.25, 0.3) is 0 Å². The number of hydrogen-bond donors (Lipinski definition) is 3. The van der Waals surface area contributed by atoms with E-state index in [4.69, 9.17) is 15.2 Å². The van der Waals surface area contributed by atoms with Gasteiger partial charge in [-0.05, 0) is 6.07 Å². The average molecular weight is 235 g/mol. The average Bonchev–Trinajstić information content (AvgIpc) is 2.15. The van der Waals surface area contributed by atoms with Crippen LogP contribution in [0.15, 0.2) is 12.3 Å². The fourth-order valence-electron chi connectivity index (χ4n) is 1.02. The van der Waals surface area contributed by atoms with Crippen molar-refractivity contribution in [2.24, 2.45) is 0 Å². The Labute approximate surface area is 87.3 Å². The van der Waals surface area contributed by atoms with E-state index in [-0.39, 0.29) is 6.07 Å². The summed E-state index contributed by atoms with van der Waals surface area (Å²) in [7, 11) is -2.19. The summed E-state index contributed by atoms with van der Waals surface area (Å²) in [4.78, 5) is 13.7. The molecule has 1 heterocycles. The molecule has 1 aromatic rings. The van der Waals surface area contributed by atoms with Crippen LogP contribution in [0.5, 0.6) is 0 Å². The van der Waals surface area contributed by atoms with Crippen molar-refractivity contribution in [1.29, 1.82) is 0 Å². The summed E-state index contributed by atoms with van der Waals surface area (Å²) >= 11 is 0. The molecule has 1 aromatic heterocycles. The van der Waals surface area contributed by atoms with Gasteiger partial charge in [0, 0.05) is 6.20 Å². The van der Waals surface area contributed by atoms with Gasteiger partial charge in [-0.25, -0.2) is 4.79 Å². The molecule has 0 unspecified atom stereocenters. The number of rotatable bonds is 2. The number of halogens is 3. The third-order valence-corrected chi connectivity index (χ3v) is 1.73. The zero-order valence-electron chi connectivity index (χ0n) is 7.56. The Morgan fingerprint density at radius 1 is 1.38 bits per heavy atom. The molecule has 16 heavy (non-hydrogen) atoms. The van der Waals surface area contributed by atoms with Crippen molar-refractivity contribution in [2.75, 3.05) is 0 Å². The van der Waals surface area contributed by atoms with Crippen molar-refractivity contribution in [3.8, 4) is 0 Å². The number of alkyl halides is 3. The maximum atomic E-state index is 12.4. The SMILES string of the molecule is O=C(O)c1cnc(B(O)O)cc1C(F)(F)F. The second kappa shape index (κ2) is 4.10. The third kappa shape index (κ3) is 2.50. The minimum Gasteiger partial charge on any atom is -0.478 e. The molecule has 3 N–H and O–H groups in total. The van der Waals surface area contributed by atoms with Gasteiger partial charge in [0.05, 0.1) is 16.7 Å². The van der Waals surface area contributed by atoms with Gasteiger partial charge in [0.2, 0.25) is 0 Å². The minimum atomic E-state index is -4.90. The minimum absolute atomic E-state index is 0.286. The van der Waals surface area contributed by atoms with Crippen molar-refractivity contribution in [3.05, 3.63) is 23.4 Å². The number of aromatic nitrogens is 1. The lowest BCUT2D eigenvalue weighted by Crippen LogP contribution is -2.34. The Kier molecular flexibility index (Phi) is 3.20. The lowest BCUT2D eigenvalue weighted by molar-refractivity contribution is -0.138. The first-order valence-electron chi connectivity index (χ1n) is 3.90. The van der Waals surface area contributed by atoms with E-state index < -0.39 is 36.0 Å². The van der Waals surface area contributed by atoms with Crippen LogP contribution in [0.2, 0.25) is 0 Å². The summed E-state index contributed by atoms with van der Waals surface area (Å²) in [5, 5.41) is 25.7. The Bertz CT molecular complexity index is 421. The molecule has 1 rings (SSSR count). The highest BCUT2D eigenvalue weighted by Gasteiger charge is 2.36. The first kappa shape index (κ1) is 12.5. The van der Waals surface area contributed by atoms with Crippen LogP contribution in [0.1, 0.15) is 15.9 Å². The van der Waals surface area contributed by atoms with Gasteiger partial charge in [0.25, 0.3) is 0 Å². The first-order valence-corrected chi connectivity index (χ1v) is 3.90. The van der Waals surface area contributed by atoms with Crippen molar-refractivity contribution >= 4 is 18.7 Å². The van der Waals surface area contributed by atoms with Crippen LogP contribution in [-0.4, -0.2) is 33.2 Å². The summed E-state index contributed by atoms with van der Waals surface area (Å²) < 4.78 is 37.2. The van der Waals surface area contributed by atoms with E-state index in [2.05, 4.69) is 4.98 Å². The van der Waals surface area contributed by atoms with Crippen LogP contribution in [-0.2, 0) is 6.18 Å². The summed E-state index contributed by atoms with van der Waals surface area (Å²) in [6, 6.07) is 0.286. The molecule has 0 saturated heterocycles. The highest BCUT2D eigenvalue weighted by molar-refractivity contribution is 6.57. The van der Waals surface area contributed by atoms with Crippen molar-refractivity contribution in [1.82, 2.24) is 4.98 Å². The number of carboxylic acid groups (broad SMARTS) is 1. The quantitative estimate of drug-likeness (QED) is 0.600. The number of nitrogens with zero attached hydrogens (tertiary/aromatic N) is 1. The van der Waals surface area contributed by atoms with E-state index in [9.17, 15) is 18.0 Å². The zero-order chi connectivity index (χ0) is 12.5. The monoisotopic (exact) mass is 235 g/mol. The molecule has 0 saturated carbocycles. The normalized spacial score (nSPS) is 11.3. The van der Waals surface area contributed by atoms with Crippen LogP contribution < -0.4 is 5.59 Å². The molecule has 0 aliphatic rings. The largest absolute Gasteiger partial charge is 0.508 e. The molecule has 9 heteroatoms. The fourth-order valence-corrected chi connectivity index (χ4v) is 1.02. The predicted molar refractivity (Wildman–Crippen MR) is 46.0 cm³/mol. The lowest BCUT2D eigenvalue weighted by Gasteiger charge is -2.11. The Balaban J connectivity index is 3.39. The summed E-state index contributed by atoms with van der Waals surface area (Å²) in [6.45, 7) is 0. The smallest absolute Gasteiger partial charge is 0.478 e. The van der Waals surface area contributed by atoms with Crippen LogP contribution in [0.3, 0.4) is 0 Å². The predicted octanol–water partition coefficient (Wildman–Crippen LogP) is -0.522. The van der Waals surface area contributed by atoms with Gasteiger partial charge in [-0.1, -0.05) is 0 Å². The third-order valence-electron chi connectivity index (χ3n) is 1.73. The van der Waals surface area contributed by atoms with E-state index in [0.29, 0.717) is 6.20 Å². The van der Waals surface area contributed by atoms with E-state index in [1.54, 1.807) is 0 Å². The number of hydrogen-bond acceptors (Lipinski definition) is 4. The van der Waals surface area contributed by atoms with Gasteiger partial charge in [-0.3, -0.25) is 4.98 Å². The molecule has 0 amide bonds. The lowest BCUT2D eigenvalue weighted by atomic mass is 9.84. The van der Waals surface area contributed by atoms with Gasteiger partial charge in [-0.2, -0.15) is 13.2 Å². The molecule has 0 aromatic carbocycles. The fraction of sp³-hybridized carbons (Fsp3) is 0.143. The number of aromatic carboxylic acids is 1. The van der Waals surface area contributed by atoms with Gasteiger partial charge in [0.15, 0.2) is 0 Å². The number of carbonyl (C=O) groups is 1. The molecule has 5 nitrogen and oxygen atoms in total. The number of carboxylic acids is 1. The zero-order valence-corrected chi connectivity index (χ0v) is 7.56. The van der Waals surface area contributed by atoms with E-state index >= 15 is 0 Å². The molecular weight excluding hydrogens is 230 g/mol. The van der Waals surface area contributed by atoms with Gasteiger partial charge in [-0.15, -0.1) is 0 Å². The van der Waals surface area contributed by atoms with Crippen molar-refractivity contribution < 1.29 is 33.1 Å². The van der Waals surface area contributed by atoms with E-state index in [1.165, 1.54) is 0 Å². The standard InChI is InChI=1S/C7H5BF3NO4/c9-7(10,11)4-1-5(8(15)16)12-2-3(4)6(13)14/h1-2,15-16H,(H,13,14). The van der Waals surface area contributed by atoms with Crippen molar-refractivity contribution in [2.45, 2.75) is 6.18 Å². The maximum absolute atomic E-state index is 12.4. The number of pyridine rings is 1. The van der Waals surface area contributed by atoms with Crippen molar-refractivity contribution in [3.63, 3.8) is 0 Å². The highest BCUT2D eigenvalue weighted by Crippen LogP contribution is 2.30. The molecule has 0 aliphatic carbocycles. The van der Waals surface area contributed by atoms with Crippen LogP contribution in [0.4, 0.5) is 13.2 Å². The van der Waals surface area contributed by atoms with Gasteiger partial charge in [0.1, 0.15) is 0 Å².